The van der Waals surface area contributed by atoms with Crippen LogP contribution < -0.4 is 0 Å². The quantitative estimate of drug-likeness (QED) is 0.543. The molecule has 1 aromatic rings. The van der Waals surface area contributed by atoms with Gasteiger partial charge in [0.25, 0.3) is 6.43 Å². The summed E-state index contributed by atoms with van der Waals surface area (Å²) in [5.74, 6) is 0. The van der Waals surface area contributed by atoms with Crippen molar-refractivity contribution in [2.45, 2.75) is 43.4 Å². The minimum atomic E-state index is -2.38. The molecule has 0 fully saturated rings. The molecule has 1 aliphatic carbocycles. The zero-order valence-electron chi connectivity index (χ0n) is 10.9. The Bertz CT molecular complexity index is 409. The lowest BCUT2D eigenvalue weighted by Gasteiger charge is -2.18. The van der Waals surface area contributed by atoms with Crippen LogP contribution in [0.5, 0.6) is 0 Å². The number of benzene rings is 1. The SMILES string of the molecule is FC(F)COCCC(Br)c1ccc2c(c1)CCCC2. The number of hydrogen-bond acceptors (Lipinski definition) is 1. The van der Waals surface area contributed by atoms with E-state index in [-0.39, 0.29) is 4.83 Å². The van der Waals surface area contributed by atoms with Crippen LogP contribution in [0.1, 0.15) is 40.8 Å². The molecule has 1 nitrogen and oxygen atoms in total. The normalized spacial score (nSPS) is 16.4. The van der Waals surface area contributed by atoms with E-state index < -0.39 is 13.0 Å². The molecule has 106 valence electrons. The van der Waals surface area contributed by atoms with E-state index in [1.165, 1.54) is 36.0 Å². The Morgan fingerprint density at radius 3 is 2.63 bits per heavy atom. The van der Waals surface area contributed by atoms with E-state index in [0.29, 0.717) is 13.0 Å². The number of fused-ring (bicyclic) bond motifs is 1. The van der Waals surface area contributed by atoms with Crippen LogP contribution in [0.4, 0.5) is 8.78 Å². The van der Waals surface area contributed by atoms with Crippen LogP contribution in [0.2, 0.25) is 0 Å². The summed E-state index contributed by atoms with van der Waals surface area (Å²) in [6.07, 6.45) is 3.22. The Balaban J connectivity index is 1.86. The van der Waals surface area contributed by atoms with Gasteiger partial charge in [0.2, 0.25) is 0 Å². The molecule has 4 heteroatoms. The second-order valence-electron chi connectivity index (χ2n) is 4.96. The molecule has 0 spiro atoms. The van der Waals surface area contributed by atoms with E-state index in [2.05, 4.69) is 34.1 Å². The fourth-order valence-corrected chi connectivity index (χ4v) is 2.95. The van der Waals surface area contributed by atoms with Crippen molar-refractivity contribution >= 4 is 15.9 Å². The van der Waals surface area contributed by atoms with Gasteiger partial charge < -0.3 is 4.74 Å². The van der Waals surface area contributed by atoms with Crippen LogP contribution in [-0.2, 0) is 17.6 Å². The van der Waals surface area contributed by atoms with Gasteiger partial charge in [0.15, 0.2) is 0 Å². The maximum Gasteiger partial charge on any atom is 0.261 e. The first kappa shape index (κ1) is 14.9. The second-order valence-corrected chi connectivity index (χ2v) is 6.06. The number of halogens is 3. The van der Waals surface area contributed by atoms with Crippen LogP contribution in [0.3, 0.4) is 0 Å². The predicted molar refractivity (Wildman–Crippen MR) is 76.2 cm³/mol. The number of rotatable bonds is 6. The van der Waals surface area contributed by atoms with Crippen molar-refractivity contribution in [3.63, 3.8) is 0 Å². The summed E-state index contributed by atoms with van der Waals surface area (Å²) in [5, 5.41) is 0. The molecule has 0 amide bonds. The van der Waals surface area contributed by atoms with Gasteiger partial charge in [-0.3, -0.25) is 0 Å². The fourth-order valence-electron chi connectivity index (χ4n) is 2.47. The van der Waals surface area contributed by atoms with Gasteiger partial charge in [-0.15, -0.1) is 0 Å². The molecule has 1 aliphatic rings. The third-order valence-corrected chi connectivity index (χ3v) is 4.48. The molecule has 0 aliphatic heterocycles. The van der Waals surface area contributed by atoms with E-state index in [9.17, 15) is 8.78 Å². The Morgan fingerprint density at radius 2 is 1.89 bits per heavy atom. The summed E-state index contributed by atoms with van der Waals surface area (Å²) < 4.78 is 28.8. The minimum Gasteiger partial charge on any atom is -0.375 e. The van der Waals surface area contributed by atoms with Crippen LogP contribution in [-0.4, -0.2) is 19.6 Å². The first-order chi connectivity index (χ1) is 9.16. The van der Waals surface area contributed by atoms with E-state index in [0.717, 1.165) is 6.42 Å². The molecule has 0 N–H and O–H groups in total. The van der Waals surface area contributed by atoms with Crippen molar-refractivity contribution in [2.24, 2.45) is 0 Å². The van der Waals surface area contributed by atoms with Crippen molar-refractivity contribution in [3.05, 3.63) is 34.9 Å². The summed E-state index contributed by atoms with van der Waals surface area (Å²) in [6.45, 7) is -0.110. The van der Waals surface area contributed by atoms with Crippen molar-refractivity contribution in [3.8, 4) is 0 Å². The molecule has 2 rings (SSSR count). The highest BCUT2D eigenvalue weighted by atomic mass is 79.9. The maximum absolute atomic E-state index is 11.9. The average Bonchev–Trinajstić information content (AvgIpc) is 2.42. The average molecular weight is 333 g/mol. The van der Waals surface area contributed by atoms with Gasteiger partial charge in [-0.05, 0) is 48.8 Å². The first-order valence-corrected chi connectivity index (χ1v) is 7.70. The maximum atomic E-state index is 11.9. The highest BCUT2D eigenvalue weighted by Crippen LogP contribution is 2.30. The smallest absolute Gasteiger partial charge is 0.261 e. The summed E-state index contributed by atoms with van der Waals surface area (Å²) >= 11 is 3.61. The molecule has 0 saturated heterocycles. The molecular weight excluding hydrogens is 314 g/mol. The van der Waals surface area contributed by atoms with Crippen molar-refractivity contribution in [1.29, 1.82) is 0 Å². The largest absolute Gasteiger partial charge is 0.375 e. The Kier molecular flexibility index (Phi) is 5.76. The lowest BCUT2D eigenvalue weighted by atomic mass is 9.90. The lowest BCUT2D eigenvalue weighted by Crippen LogP contribution is -2.07. The summed E-state index contributed by atoms with van der Waals surface area (Å²) in [6, 6.07) is 6.59. The Hall–Kier alpha value is -0.480. The van der Waals surface area contributed by atoms with Gasteiger partial charge in [-0.1, -0.05) is 34.1 Å². The van der Waals surface area contributed by atoms with Gasteiger partial charge in [-0.25, -0.2) is 8.78 Å². The van der Waals surface area contributed by atoms with Crippen molar-refractivity contribution < 1.29 is 13.5 Å². The van der Waals surface area contributed by atoms with E-state index in [1.54, 1.807) is 0 Å². The third-order valence-electron chi connectivity index (χ3n) is 3.49. The third kappa shape index (κ3) is 4.53. The molecule has 0 saturated carbocycles. The Morgan fingerprint density at radius 1 is 1.16 bits per heavy atom. The molecule has 0 radical (unpaired) electrons. The topological polar surface area (TPSA) is 9.23 Å². The molecule has 0 aromatic heterocycles. The molecular formula is C15H19BrF2O. The van der Waals surface area contributed by atoms with Crippen LogP contribution in [0.25, 0.3) is 0 Å². The summed E-state index contributed by atoms with van der Waals surface area (Å²) in [5.41, 5.74) is 4.13. The molecule has 1 atom stereocenters. The molecule has 0 bridgehead atoms. The fraction of sp³-hybridized carbons (Fsp3) is 0.600. The molecule has 0 heterocycles. The van der Waals surface area contributed by atoms with Gasteiger partial charge in [0.05, 0.1) is 0 Å². The highest BCUT2D eigenvalue weighted by Gasteiger charge is 2.13. The Labute approximate surface area is 121 Å². The van der Waals surface area contributed by atoms with Crippen molar-refractivity contribution in [2.75, 3.05) is 13.2 Å². The van der Waals surface area contributed by atoms with Crippen LogP contribution in [0, 0.1) is 0 Å². The zero-order valence-corrected chi connectivity index (χ0v) is 12.5. The second kappa shape index (κ2) is 7.34. The minimum absolute atomic E-state index is 0.178. The molecule has 1 unspecified atom stereocenters. The summed E-state index contributed by atoms with van der Waals surface area (Å²) in [4.78, 5) is 0.178. The number of alkyl halides is 3. The predicted octanol–water partition coefficient (Wildman–Crippen LogP) is 4.67. The van der Waals surface area contributed by atoms with Crippen LogP contribution >= 0.6 is 15.9 Å². The molecule has 19 heavy (non-hydrogen) atoms. The standard InChI is InChI=1S/C15H19BrF2O/c16-14(7-8-19-10-15(17)18)13-6-5-11-3-1-2-4-12(11)9-13/h5-6,9,14-15H,1-4,7-8,10H2. The van der Waals surface area contributed by atoms with E-state index in [1.807, 2.05) is 0 Å². The van der Waals surface area contributed by atoms with E-state index in [4.69, 9.17) is 4.74 Å². The first-order valence-electron chi connectivity index (χ1n) is 6.78. The number of ether oxygens (including phenoxy) is 1. The highest BCUT2D eigenvalue weighted by molar-refractivity contribution is 9.09. The lowest BCUT2D eigenvalue weighted by molar-refractivity contribution is 0.0167. The van der Waals surface area contributed by atoms with Gasteiger partial charge in [-0.2, -0.15) is 0 Å². The number of aryl methyl sites for hydroxylation is 2. The van der Waals surface area contributed by atoms with Crippen LogP contribution in [0.15, 0.2) is 18.2 Å². The summed E-state index contributed by atoms with van der Waals surface area (Å²) in [7, 11) is 0. The van der Waals surface area contributed by atoms with Gasteiger partial charge in [0, 0.05) is 11.4 Å². The van der Waals surface area contributed by atoms with Gasteiger partial charge >= 0.3 is 0 Å². The van der Waals surface area contributed by atoms with Crippen molar-refractivity contribution in [1.82, 2.24) is 0 Å². The zero-order chi connectivity index (χ0) is 13.7. The van der Waals surface area contributed by atoms with E-state index >= 15 is 0 Å². The number of hydrogen-bond donors (Lipinski definition) is 0. The monoisotopic (exact) mass is 332 g/mol. The molecule has 1 aromatic carbocycles. The van der Waals surface area contributed by atoms with Gasteiger partial charge in [0.1, 0.15) is 6.61 Å².